The van der Waals surface area contributed by atoms with E-state index in [1.807, 2.05) is 6.07 Å². The van der Waals surface area contributed by atoms with Gasteiger partial charge >= 0.3 is 0 Å². The molecule has 72 heavy (non-hydrogen) atoms. The quantitative estimate of drug-likeness (QED) is 0.171. The van der Waals surface area contributed by atoms with E-state index < -0.39 is 5.41 Å². The number of nitrogens with zero attached hydrogens (tertiary/aromatic N) is 1. The number of para-hydroxylation sites is 2. The van der Waals surface area contributed by atoms with Crippen molar-refractivity contribution in [1.29, 1.82) is 0 Å². The summed E-state index contributed by atoms with van der Waals surface area (Å²) in [7, 11) is 0. The van der Waals surface area contributed by atoms with Crippen LogP contribution in [0.3, 0.4) is 0 Å². The van der Waals surface area contributed by atoms with E-state index in [9.17, 15) is 0 Å². The predicted molar refractivity (Wildman–Crippen MR) is 299 cm³/mol. The van der Waals surface area contributed by atoms with Crippen LogP contribution in [-0.4, -0.2) is 0 Å². The summed E-state index contributed by atoms with van der Waals surface area (Å²) in [6.07, 6.45) is 0. The molecule has 0 atom stereocenters. The van der Waals surface area contributed by atoms with E-state index in [0.717, 1.165) is 55.7 Å². The average molecular weight is 918 g/mol. The number of fused-ring (bicyclic) bond motifs is 18. The summed E-state index contributed by atoms with van der Waals surface area (Å²) >= 11 is 0. The van der Waals surface area contributed by atoms with Gasteiger partial charge in [0.05, 0.1) is 5.41 Å². The van der Waals surface area contributed by atoms with Gasteiger partial charge in [-0.2, -0.15) is 0 Å². The zero-order chi connectivity index (χ0) is 47.7. The maximum Gasteiger partial charge on any atom is 0.143 e. The number of anilines is 3. The van der Waals surface area contributed by atoms with Crippen LogP contribution in [0, 0.1) is 0 Å². The molecular weight excluding hydrogens is 871 g/mol. The molecule has 0 aliphatic heterocycles. The van der Waals surface area contributed by atoms with Gasteiger partial charge in [-0.05, 0) is 143 Å². The highest BCUT2D eigenvalue weighted by atomic mass is 16.3. The molecule has 0 unspecified atom stereocenters. The monoisotopic (exact) mass is 917 g/mol. The smallest absolute Gasteiger partial charge is 0.143 e. The molecule has 3 aliphatic rings. The summed E-state index contributed by atoms with van der Waals surface area (Å²) in [6.45, 7) is 4.73. The first-order valence-corrected chi connectivity index (χ1v) is 25.2. The summed E-state index contributed by atoms with van der Waals surface area (Å²) in [6, 6.07) is 92.5. The van der Waals surface area contributed by atoms with Crippen molar-refractivity contribution in [2.45, 2.75) is 24.7 Å². The Morgan fingerprint density at radius 1 is 0.292 bits per heavy atom. The molecule has 0 radical (unpaired) electrons. The lowest BCUT2D eigenvalue weighted by molar-refractivity contribution is 0.660. The Morgan fingerprint density at radius 3 is 1.44 bits per heavy atom. The van der Waals surface area contributed by atoms with Crippen molar-refractivity contribution in [3.05, 3.63) is 282 Å². The molecule has 0 bridgehead atoms. The molecule has 12 aromatic rings. The first-order valence-electron chi connectivity index (χ1n) is 25.2. The lowest BCUT2D eigenvalue weighted by Crippen LogP contribution is -2.29. The molecule has 2 heteroatoms. The lowest BCUT2D eigenvalue weighted by Gasteiger charge is -2.35. The molecule has 2 nitrogen and oxygen atoms in total. The van der Waals surface area contributed by atoms with Crippen molar-refractivity contribution >= 4 is 39.0 Å². The number of benzene rings is 11. The van der Waals surface area contributed by atoms with Gasteiger partial charge in [0.25, 0.3) is 0 Å². The van der Waals surface area contributed by atoms with Gasteiger partial charge in [-0.1, -0.05) is 214 Å². The maximum atomic E-state index is 6.53. The van der Waals surface area contributed by atoms with Crippen molar-refractivity contribution in [1.82, 2.24) is 0 Å². The molecule has 338 valence electrons. The zero-order valence-corrected chi connectivity index (χ0v) is 40.0. The maximum absolute atomic E-state index is 6.53. The Hall–Kier alpha value is -8.98. The van der Waals surface area contributed by atoms with E-state index in [2.05, 4.69) is 261 Å². The largest absolute Gasteiger partial charge is 0.455 e. The van der Waals surface area contributed by atoms with Crippen LogP contribution in [0.2, 0.25) is 0 Å². The Kier molecular flexibility index (Phi) is 8.66. The Bertz CT molecular complexity index is 4140. The Balaban J connectivity index is 0.909. The van der Waals surface area contributed by atoms with E-state index in [1.54, 1.807) is 0 Å². The van der Waals surface area contributed by atoms with Gasteiger partial charge in [0, 0.05) is 38.8 Å². The van der Waals surface area contributed by atoms with Crippen LogP contribution in [0.5, 0.6) is 0 Å². The Labute approximate surface area is 419 Å². The molecule has 11 aromatic carbocycles. The van der Waals surface area contributed by atoms with E-state index in [1.165, 1.54) is 83.5 Å². The van der Waals surface area contributed by atoms with Gasteiger partial charge in [-0.25, -0.2) is 0 Å². The molecule has 1 spiro atoms. The fraction of sp³-hybridized carbons (Fsp3) is 0.0571. The van der Waals surface area contributed by atoms with Gasteiger partial charge in [0.15, 0.2) is 0 Å². The highest BCUT2D eigenvalue weighted by Gasteiger charge is 2.49. The summed E-state index contributed by atoms with van der Waals surface area (Å²) in [5.41, 5.74) is 27.2. The van der Waals surface area contributed by atoms with Crippen LogP contribution in [0.15, 0.2) is 253 Å². The van der Waals surface area contributed by atoms with Crippen LogP contribution in [0.1, 0.15) is 47.2 Å². The molecule has 0 N–H and O–H groups in total. The standard InChI is InChI=1S/C70H47NO/c1-69(2)61-28-10-5-23-55(61)57-40-38-49(43-65(57)69)71(47-36-33-44(34-37-47)50-26-16-27-60-59-25-9-14-32-67(59)72-68(50)60)48-18-15-17-45(41-48)46-35-39-58-56-24-8-13-31-64(56)70(66(58)42-46)62-29-11-6-21-53(62)51-19-3-4-20-52(51)54-22-7-12-30-63(54)70/h3-43H,1-2H3. The normalized spacial score (nSPS) is 13.9. The number of rotatable bonds is 5. The van der Waals surface area contributed by atoms with Crippen LogP contribution in [0.25, 0.3) is 88.7 Å². The zero-order valence-electron chi connectivity index (χ0n) is 40.0. The van der Waals surface area contributed by atoms with Crippen molar-refractivity contribution in [3.63, 3.8) is 0 Å². The first kappa shape index (κ1) is 40.9. The van der Waals surface area contributed by atoms with E-state index >= 15 is 0 Å². The molecule has 3 aliphatic carbocycles. The SMILES string of the molecule is CC1(C)c2ccccc2-c2ccc(N(c3ccc(-c4cccc5c4oc4ccccc45)cc3)c3cccc(-c4ccc5c(c4)C4(c6ccccc6-c6ccccc6-c6ccccc64)c4ccccc4-5)c3)cc21. The molecule has 0 amide bonds. The van der Waals surface area contributed by atoms with Gasteiger partial charge in [0.2, 0.25) is 0 Å². The van der Waals surface area contributed by atoms with Crippen LogP contribution < -0.4 is 4.90 Å². The first-order chi connectivity index (χ1) is 35.5. The van der Waals surface area contributed by atoms with Crippen LogP contribution >= 0.6 is 0 Å². The second-order valence-corrected chi connectivity index (χ2v) is 20.3. The van der Waals surface area contributed by atoms with E-state index in [-0.39, 0.29) is 5.41 Å². The third-order valence-corrected chi connectivity index (χ3v) is 16.3. The summed E-state index contributed by atoms with van der Waals surface area (Å²) in [4.78, 5) is 2.44. The van der Waals surface area contributed by atoms with E-state index in [4.69, 9.17) is 4.42 Å². The topological polar surface area (TPSA) is 16.4 Å². The molecule has 15 rings (SSSR count). The molecule has 0 saturated heterocycles. The molecule has 1 aromatic heterocycles. The van der Waals surface area contributed by atoms with Gasteiger partial charge in [-0.15, -0.1) is 0 Å². The van der Waals surface area contributed by atoms with Crippen molar-refractivity contribution in [2.75, 3.05) is 4.90 Å². The fourth-order valence-corrected chi connectivity index (χ4v) is 13.1. The van der Waals surface area contributed by atoms with Crippen molar-refractivity contribution in [2.24, 2.45) is 0 Å². The lowest BCUT2D eigenvalue weighted by atomic mass is 9.65. The fourth-order valence-electron chi connectivity index (χ4n) is 13.1. The second-order valence-electron chi connectivity index (χ2n) is 20.3. The molecule has 0 fully saturated rings. The van der Waals surface area contributed by atoms with Crippen LogP contribution in [-0.2, 0) is 10.8 Å². The highest BCUT2D eigenvalue weighted by molar-refractivity contribution is 6.09. The molecular formula is C70H47NO. The Morgan fingerprint density at radius 2 is 0.750 bits per heavy atom. The molecule has 0 saturated carbocycles. The second kappa shape index (κ2) is 15.3. The minimum atomic E-state index is -0.555. The summed E-state index contributed by atoms with van der Waals surface area (Å²) in [5.74, 6) is 0. The average Bonchev–Trinajstić information content (AvgIpc) is 4.02. The summed E-state index contributed by atoms with van der Waals surface area (Å²) < 4.78 is 6.53. The third-order valence-electron chi connectivity index (χ3n) is 16.3. The minimum Gasteiger partial charge on any atom is -0.455 e. The number of furan rings is 1. The highest BCUT2D eigenvalue weighted by Crippen LogP contribution is 2.62. The van der Waals surface area contributed by atoms with Crippen LogP contribution in [0.4, 0.5) is 17.1 Å². The number of hydrogen-bond donors (Lipinski definition) is 0. The van der Waals surface area contributed by atoms with Crippen molar-refractivity contribution in [3.8, 4) is 66.8 Å². The van der Waals surface area contributed by atoms with Gasteiger partial charge < -0.3 is 9.32 Å². The van der Waals surface area contributed by atoms with Gasteiger partial charge in [0.1, 0.15) is 11.2 Å². The minimum absolute atomic E-state index is 0.154. The molecule has 1 heterocycles. The predicted octanol–water partition coefficient (Wildman–Crippen LogP) is 18.7. The van der Waals surface area contributed by atoms with E-state index in [0.29, 0.717) is 0 Å². The number of hydrogen-bond acceptors (Lipinski definition) is 2. The third kappa shape index (κ3) is 5.66. The van der Waals surface area contributed by atoms with Gasteiger partial charge in [-0.3, -0.25) is 0 Å². The van der Waals surface area contributed by atoms with Crippen molar-refractivity contribution < 1.29 is 4.42 Å². The summed E-state index contributed by atoms with van der Waals surface area (Å²) in [5, 5.41) is 2.27.